The first kappa shape index (κ1) is 21.5. The summed E-state index contributed by atoms with van der Waals surface area (Å²) in [6, 6.07) is 7.42. The van der Waals surface area contributed by atoms with E-state index in [-0.39, 0.29) is 36.0 Å². The number of aryl methyl sites for hydroxylation is 1. The molecule has 0 saturated heterocycles. The Morgan fingerprint density at radius 3 is 2.33 bits per heavy atom. The number of nitrogens with zero attached hydrogens (tertiary/aromatic N) is 1. The lowest BCUT2D eigenvalue weighted by Crippen LogP contribution is -2.26. The third kappa shape index (κ3) is 5.03. The maximum absolute atomic E-state index is 13.8. The summed E-state index contributed by atoms with van der Waals surface area (Å²) in [6.45, 7) is 1.64. The van der Waals surface area contributed by atoms with Crippen LogP contribution in [0.15, 0.2) is 53.1 Å². The SMILES string of the molecule is CC(NC(=O)CCc1ncc(-c2c(F)cccc2F)o1)c1ccc(C(F)(F)F)cc1. The van der Waals surface area contributed by atoms with Crippen molar-refractivity contribution in [2.75, 3.05) is 0 Å². The average molecular weight is 424 g/mol. The van der Waals surface area contributed by atoms with Crippen LogP contribution in [0.1, 0.15) is 36.4 Å². The standard InChI is InChI=1S/C21H17F5N2O2/c1-12(13-5-7-14(8-6-13)21(24,25)26)28-18(29)9-10-19-27-11-17(30-19)20-15(22)3-2-4-16(20)23/h2-8,11-12H,9-10H2,1H3,(H,28,29). The van der Waals surface area contributed by atoms with E-state index in [9.17, 15) is 26.7 Å². The Morgan fingerprint density at radius 2 is 1.73 bits per heavy atom. The Morgan fingerprint density at radius 1 is 1.10 bits per heavy atom. The summed E-state index contributed by atoms with van der Waals surface area (Å²) in [5.41, 5.74) is -0.586. The number of aromatic nitrogens is 1. The van der Waals surface area contributed by atoms with Gasteiger partial charge in [-0.3, -0.25) is 4.79 Å². The van der Waals surface area contributed by atoms with E-state index >= 15 is 0 Å². The molecule has 0 bridgehead atoms. The summed E-state index contributed by atoms with van der Waals surface area (Å²) in [5.74, 6) is -1.91. The van der Waals surface area contributed by atoms with Crippen LogP contribution < -0.4 is 5.32 Å². The number of amides is 1. The molecule has 9 heteroatoms. The molecule has 4 nitrogen and oxygen atoms in total. The van der Waals surface area contributed by atoms with Gasteiger partial charge in [-0.25, -0.2) is 13.8 Å². The second kappa shape index (κ2) is 8.64. The molecule has 0 aliphatic heterocycles. The van der Waals surface area contributed by atoms with Crippen LogP contribution in [0, 0.1) is 11.6 Å². The first-order valence-electron chi connectivity index (χ1n) is 9.00. The molecule has 1 atom stereocenters. The molecular weight excluding hydrogens is 407 g/mol. The lowest BCUT2D eigenvalue weighted by molar-refractivity contribution is -0.137. The first-order chi connectivity index (χ1) is 14.1. The minimum Gasteiger partial charge on any atom is -0.441 e. The highest BCUT2D eigenvalue weighted by Crippen LogP contribution is 2.30. The average Bonchev–Trinajstić information content (AvgIpc) is 3.14. The highest BCUT2D eigenvalue weighted by atomic mass is 19.4. The van der Waals surface area contributed by atoms with Crippen molar-refractivity contribution in [1.29, 1.82) is 0 Å². The molecule has 1 unspecified atom stereocenters. The number of oxazole rings is 1. The van der Waals surface area contributed by atoms with Crippen LogP contribution in [0.3, 0.4) is 0 Å². The maximum atomic E-state index is 13.8. The second-order valence-corrected chi connectivity index (χ2v) is 6.62. The van der Waals surface area contributed by atoms with Crippen LogP contribution in [-0.4, -0.2) is 10.9 Å². The smallest absolute Gasteiger partial charge is 0.416 e. The minimum absolute atomic E-state index is 0.0231. The molecule has 0 saturated carbocycles. The van der Waals surface area contributed by atoms with Gasteiger partial charge in [-0.15, -0.1) is 0 Å². The van der Waals surface area contributed by atoms with Gasteiger partial charge < -0.3 is 9.73 Å². The van der Waals surface area contributed by atoms with Crippen molar-refractivity contribution in [1.82, 2.24) is 10.3 Å². The molecule has 158 valence electrons. The molecular formula is C21H17F5N2O2. The summed E-state index contributed by atoms with van der Waals surface area (Å²) < 4.78 is 70.8. The molecule has 3 aromatic rings. The second-order valence-electron chi connectivity index (χ2n) is 6.62. The summed E-state index contributed by atoms with van der Waals surface area (Å²) in [5, 5.41) is 2.67. The number of rotatable bonds is 6. The third-order valence-electron chi connectivity index (χ3n) is 4.44. The van der Waals surface area contributed by atoms with E-state index in [4.69, 9.17) is 4.42 Å². The lowest BCUT2D eigenvalue weighted by Gasteiger charge is -2.15. The van der Waals surface area contributed by atoms with E-state index in [0.717, 1.165) is 24.3 Å². The Kier molecular flexibility index (Phi) is 6.19. The molecule has 0 spiro atoms. The number of benzene rings is 2. The number of alkyl halides is 3. The quantitative estimate of drug-likeness (QED) is 0.536. The zero-order valence-electron chi connectivity index (χ0n) is 15.8. The van der Waals surface area contributed by atoms with Gasteiger partial charge in [0.1, 0.15) is 11.6 Å². The number of carbonyl (C=O) groups excluding carboxylic acids is 1. The van der Waals surface area contributed by atoms with Gasteiger partial charge in [0.25, 0.3) is 0 Å². The van der Waals surface area contributed by atoms with Crippen molar-refractivity contribution >= 4 is 5.91 Å². The number of nitrogens with one attached hydrogen (secondary N) is 1. The topological polar surface area (TPSA) is 55.1 Å². The van der Waals surface area contributed by atoms with E-state index in [1.54, 1.807) is 6.92 Å². The highest BCUT2D eigenvalue weighted by molar-refractivity contribution is 5.76. The largest absolute Gasteiger partial charge is 0.441 e. The molecule has 1 amide bonds. The Labute approximate surface area is 168 Å². The van der Waals surface area contributed by atoms with Crippen LogP contribution in [0.4, 0.5) is 22.0 Å². The van der Waals surface area contributed by atoms with Crippen LogP contribution in [0.25, 0.3) is 11.3 Å². The van der Waals surface area contributed by atoms with Gasteiger partial charge in [0.2, 0.25) is 5.91 Å². The maximum Gasteiger partial charge on any atom is 0.416 e. The monoisotopic (exact) mass is 424 g/mol. The van der Waals surface area contributed by atoms with Gasteiger partial charge in [0, 0.05) is 12.8 Å². The number of hydrogen-bond acceptors (Lipinski definition) is 3. The van der Waals surface area contributed by atoms with Crippen molar-refractivity contribution in [3.63, 3.8) is 0 Å². The van der Waals surface area contributed by atoms with E-state index < -0.39 is 29.4 Å². The van der Waals surface area contributed by atoms with Crippen LogP contribution in [0.5, 0.6) is 0 Å². The summed E-state index contributed by atoms with van der Waals surface area (Å²) in [4.78, 5) is 16.1. The van der Waals surface area contributed by atoms with Gasteiger partial charge >= 0.3 is 6.18 Å². The lowest BCUT2D eigenvalue weighted by atomic mass is 10.1. The third-order valence-corrected chi connectivity index (χ3v) is 4.44. The Bertz CT molecular complexity index is 1010. The number of carbonyl (C=O) groups is 1. The van der Waals surface area contributed by atoms with Gasteiger partial charge in [0.15, 0.2) is 11.7 Å². The van der Waals surface area contributed by atoms with Gasteiger partial charge in [-0.1, -0.05) is 18.2 Å². The predicted octanol–water partition coefficient (Wildman–Crippen LogP) is 5.45. The molecule has 0 aliphatic rings. The molecule has 0 radical (unpaired) electrons. The van der Waals surface area contributed by atoms with Crippen molar-refractivity contribution in [2.24, 2.45) is 0 Å². The molecule has 2 aromatic carbocycles. The van der Waals surface area contributed by atoms with Gasteiger partial charge in [-0.2, -0.15) is 13.2 Å². The van der Waals surface area contributed by atoms with Crippen LogP contribution in [0.2, 0.25) is 0 Å². The summed E-state index contributed by atoms with van der Waals surface area (Å²) in [6.07, 6.45) is -3.18. The first-order valence-corrected chi connectivity index (χ1v) is 9.00. The van der Waals surface area contributed by atoms with Crippen LogP contribution >= 0.6 is 0 Å². The van der Waals surface area contributed by atoms with Crippen molar-refractivity contribution in [2.45, 2.75) is 32.0 Å². The van der Waals surface area contributed by atoms with E-state index in [0.29, 0.717) is 5.56 Å². The Hall–Kier alpha value is -3.23. The Balaban J connectivity index is 1.57. The van der Waals surface area contributed by atoms with E-state index in [1.807, 2.05) is 0 Å². The molecule has 1 aromatic heterocycles. The van der Waals surface area contributed by atoms with Crippen LogP contribution in [-0.2, 0) is 17.4 Å². The number of hydrogen-bond donors (Lipinski definition) is 1. The predicted molar refractivity (Wildman–Crippen MR) is 98.2 cm³/mol. The minimum atomic E-state index is -4.43. The fraction of sp³-hybridized carbons (Fsp3) is 0.238. The fourth-order valence-corrected chi connectivity index (χ4v) is 2.85. The van der Waals surface area contributed by atoms with Crippen molar-refractivity contribution in [3.05, 3.63) is 77.3 Å². The zero-order valence-corrected chi connectivity index (χ0v) is 15.8. The molecule has 0 fully saturated rings. The van der Waals surface area contributed by atoms with Crippen molar-refractivity contribution < 1.29 is 31.2 Å². The molecule has 3 rings (SSSR count). The molecule has 1 heterocycles. The van der Waals surface area contributed by atoms with Gasteiger partial charge in [-0.05, 0) is 36.8 Å². The van der Waals surface area contributed by atoms with E-state index in [1.165, 1.54) is 24.4 Å². The highest BCUT2D eigenvalue weighted by Gasteiger charge is 2.30. The van der Waals surface area contributed by atoms with Gasteiger partial charge in [0.05, 0.1) is 23.4 Å². The summed E-state index contributed by atoms with van der Waals surface area (Å²) >= 11 is 0. The molecule has 30 heavy (non-hydrogen) atoms. The fourth-order valence-electron chi connectivity index (χ4n) is 2.85. The van der Waals surface area contributed by atoms with Crippen molar-refractivity contribution in [3.8, 4) is 11.3 Å². The molecule has 1 N–H and O–H groups in total. The normalized spacial score (nSPS) is 12.6. The van der Waals surface area contributed by atoms with E-state index in [2.05, 4.69) is 10.3 Å². The number of halogens is 5. The zero-order chi connectivity index (χ0) is 21.9. The molecule has 0 aliphatic carbocycles. The summed E-state index contributed by atoms with van der Waals surface area (Å²) in [7, 11) is 0.